The van der Waals surface area contributed by atoms with Gasteiger partial charge in [0.25, 0.3) is 5.91 Å². The quantitative estimate of drug-likeness (QED) is 0.483. The standard InChI is InChI=1S/C26H34N4O4/c1-3-34-26(33)19-11-10-16-29(17-19)23(31)18-28(2)25(32)24-21-14-8-5-9-15-22(21)30(27-24)20-12-6-4-7-13-20/h4,6-7,12-13,19H,3,5,8-11,14-18H2,1-2H3. The van der Waals surface area contributed by atoms with Gasteiger partial charge in [-0.05, 0) is 57.6 Å². The van der Waals surface area contributed by atoms with E-state index in [2.05, 4.69) is 0 Å². The van der Waals surface area contributed by atoms with E-state index < -0.39 is 0 Å². The molecule has 1 aromatic heterocycles. The number of hydrogen-bond donors (Lipinski definition) is 0. The molecular formula is C26H34N4O4. The molecule has 0 N–H and O–H groups in total. The highest BCUT2D eigenvalue weighted by Gasteiger charge is 2.32. The molecule has 0 spiro atoms. The topological polar surface area (TPSA) is 84.7 Å². The normalized spacial score (nSPS) is 18.1. The minimum Gasteiger partial charge on any atom is -0.466 e. The molecule has 1 aromatic carbocycles. The smallest absolute Gasteiger partial charge is 0.310 e. The summed E-state index contributed by atoms with van der Waals surface area (Å²) in [6, 6.07) is 9.89. The average molecular weight is 467 g/mol. The Labute approximate surface area is 200 Å². The van der Waals surface area contributed by atoms with Crippen molar-refractivity contribution in [1.29, 1.82) is 0 Å². The fourth-order valence-corrected chi connectivity index (χ4v) is 4.94. The van der Waals surface area contributed by atoms with Crippen molar-refractivity contribution in [2.45, 2.75) is 51.9 Å². The summed E-state index contributed by atoms with van der Waals surface area (Å²) in [4.78, 5) is 41.7. The lowest BCUT2D eigenvalue weighted by Crippen LogP contribution is -2.47. The predicted octanol–water partition coefficient (Wildman–Crippen LogP) is 3.01. The summed E-state index contributed by atoms with van der Waals surface area (Å²) in [5.74, 6) is -0.937. The molecule has 2 amide bonds. The molecule has 1 unspecified atom stereocenters. The van der Waals surface area contributed by atoms with Crippen molar-refractivity contribution in [2.24, 2.45) is 5.92 Å². The monoisotopic (exact) mass is 466 g/mol. The van der Waals surface area contributed by atoms with Crippen molar-refractivity contribution in [1.82, 2.24) is 19.6 Å². The number of para-hydroxylation sites is 1. The molecule has 34 heavy (non-hydrogen) atoms. The fourth-order valence-electron chi connectivity index (χ4n) is 4.94. The molecule has 0 bridgehead atoms. The van der Waals surface area contributed by atoms with E-state index >= 15 is 0 Å². The van der Waals surface area contributed by atoms with Crippen molar-refractivity contribution in [2.75, 3.05) is 33.3 Å². The number of fused-ring (bicyclic) bond motifs is 1. The Morgan fingerprint density at radius 2 is 1.85 bits per heavy atom. The Morgan fingerprint density at radius 3 is 2.62 bits per heavy atom. The third kappa shape index (κ3) is 5.16. The van der Waals surface area contributed by atoms with Crippen LogP contribution in [0.15, 0.2) is 30.3 Å². The van der Waals surface area contributed by atoms with Gasteiger partial charge in [0.15, 0.2) is 5.69 Å². The van der Waals surface area contributed by atoms with Crippen molar-refractivity contribution in [3.05, 3.63) is 47.3 Å². The summed E-state index contributed by atoms with van der Waals surface area (Å²) in [6.45, 7) is 3.01. The highest BCUT2D eigenvalue weighted by Crippen LogP contribution is 2.27. The molecule has 8 heteroatoms. The van der Waals surface area contributed by atoms with Crippen LogP contribution in [-0.2, 0) is 27.2 Å². The number of likely N-dealkylation sites (tertiary alicyclic amines) is 1. The largest absolute Gasteiger partial charge is 0.466 e. The summed E-state index contributed by atoms with van der Waals surface area (Å²) < 4.78 is 7.04. The number of rotatable bonds is 6. The van der Waals surface area contributed by atoms with Crippen LogP contribution in [0.2, 0.25) is 0 Å². The van der Waals surface area contributed by atoms with E-state index in [9.17, 15) is 14.4 Å². The van der Waals surface area contributed by atoms with E-state index in [1.165, 1.54) is 4.90 Å². The lowest BCUT2D eigenvalue weighted by molar-refractivity contribution is -0.151. The van der Waals surface area contributed by atoms with Crippen molar-refractivity contribution < 1.29 is 19.1 Å². The van der Waals surface area contributed by atoms with Crippen LogP contribution in [0.3, 0.4) is 0 Å². The highest BCUT2D eigenvalue weighted by atomic mass is 16.5. The maximum Gasteiger partial charge on any atom is 0.310 e. The Hall–Kier alpha value is -3.16. The van der Waals surface area contributed by atoms with Gasteiger partial charge >= 0.3 is 5.97 Å². The number of amides is 2. The number of likely N-dealkylation sites (N-methyl/N-ethyl adjacent to an activating group) is 1. The summed E-state index contributed by atoms with van der Waals surface area (Å²) in [5, 5.41) is 4.74. The van der Waals surface area contributed by atoms with E-state index in [-0.39, 0.29) is 30.2 Å². The summed E-state index contributed by atoms with van der Waals surface area (Å²) in [7, 11) is 1.65. The van der Waals surface area contributed by atoms with Gasteiger partial charge in [-0.3, -0.25) is 14.4 Å². The predicted molar refractivity (Wildman–Crippen MR) is 128 cm³/mol. The number of esters is 1. The van der Waals surface area contributed by atoms with E-state index in [0.29, 0.717) is 25.4 Å². The molecular weight excluding hydrogens is 432 g/mol. The first-order valence-corrected chi connectivity index (χ1v) is 12.4. The summed E-state index contributed by atoms with van der Waals surface area (Å²) in [5.41, 5.74) is 3.49. The molecule has 2 aliphatic rings. The molecule has 1 aliphatic carbocycles. The molecule has 1 saturated heterocycles. The number of aromatic nitrogens is 2. The van der Waals surface area contributed by atoms with Crippen LogP contribution in [0.25, 0.3) is 5.69 Å². The van der Waals surface area contributed by atoms with E-state index in [0.717, 1.165) is 61.9 Å². The second-order valence-corrected chi connectivity index (χ2v) is 9.17. The van der Waals surface area contributed by atoms with Gasteiger partial charge in [-0.25, -0.2) is 4.68 Å². The molecule has 1 atom stereocenters. The van der Waals surface area contributed by atoms with Crippen LogP contribution in [0.5, 0.6) is 0 Å². The fraction of sp³-hybridized carbons (Fsp3) is 0.538. The molecule has 1 fully saturated rings. The SMILES string of the molecule is CCOC(=O)C1CCCN(C(=O)CN(C)C(=O)c2nn(-c3ccccc3)c3c2CCCCC3)C1. The Morgan fingerprint density at radius 1 is 1.09 bits per heavy atom. The average Bonchev–Trinajstić information content (AvgIpc) is 3.04. The second-order valence-electron chi connectivity index (χ2n) is 9.17. The molecule has 2 heterocycles. The molecule has 182 valence electrons. The van der Waals surface area contributed by atoms with Crippen LogP contribution in [0, 0.1) is 5.92 Å². The minimum atomic E-state index is -0.295. The van der Waals surface area contributed by atoms with Gasteiger partial charge in [-0.15, -0.1) is 0 Å². The minimum absolute atomic E-state index is 0.0403. The first-order chi connectivity index (χ1) is 16.5. The molecule has 0 saturated carbocycles. The number of carbonyl (C=O) groups excluding carboxylic acids is 3. The zero-order valence-electron chi connectivity index (χ0n) is 20.2. The number of carbonyl (C=O) groups is 3. The zero-order chi connectivity index (χ0) is 24.1. The lowest BCUT2D eigenvalue weighted by atomic mass is 9.98. The van der Waals surface area contributed by atoms with Gasteiger partial charge in [0.05, 0.1) is 24.8 Å². The van der Waals surface area contributed by atoms with Gasteiger partial charge < -0.3 is 14.5 Å². The highest BCUT2D eigenvalue weighted by molar-refractivity contribution is 5.96. The second kappa shape index (κ2) is 10.8. The third-order valence-corrected chi connectivity index (χ3v) is 6.75. The number of hydrogen-bond acceptors (Lipinski definition) is 5. The third-order valence-electron chi connectivity index (χ3n) is 6.75. The van der Waals surface area contributed by atoms with Crippen molar-refractivity contribution >= 4 is 17.8 Å². The molecule has 1 aliphatic heterocycles. The molecule has 0 radical (unpaired) electrons. The van der Waals surface area contributed by atoms with Gasteiger partial charge in [-0.2, -0.15) is 5.10 Å². The number of nitrogens with zero attached hydrogens (tertiary/aromatic N) is 4. The number of piperidine rings is 1. The van der Waals surface area contributed by atoms with Crippen LogP contribution < -0.4 is 0 Å². The molecule has 2 aromatic rings. The van der Waals surface area contributed by atoms with Gasteiger partial charge in [-0.1, -0.05) is 24.6 Å². The van der Waals surface area contributed by atoms with Crippen LogP contribution in [0.1, 0.15) is 60.8 Å². The van der Waals surface area contributed by atoms with Crippen molar-refractivity contribution in [3.8, 4) is 5.69 Å². The Balaban J connectivity index is 1.50. The lowest BCUT2D eigenvalue weighted by Gasteiger charge is -2.32. The van der Waals surface area contributed by atoms with E-state index in [1.54, 1.807) is 18.9 Å². The Bertz CT molecular complexity index is 1030. The number of benzene rings is 1. The van der Waals surface area contributed by atoms with E-state index in [1.807, 2.05) is 35.0 Å². The van der Waals surface area contributed by atoms with Gasteiger partial charge in [0.2, 0.25) is 5.91 Å². The van der Waals surface area contributed by atoms with E-state index in [4.69, 9.17) is 9.84 Å². The number of ether oxygens (including phenoxy) is 1. The Kier molecular flexibility index (Phi) is 7.65. The first-order valence-electron chi connectivity index (χ1n) is 12.4. The maximum absolute atomic E-state index is 13.5. The van der Waals surface area contributed by atoms with Gasteiger partial charge in [0, 0.05) is 31.4 Å². The first kappa shape index (κ1) is 24.0. The summed E-state index contributed by atoms with van der Waals surface area (Å²) >= 11 is 0. The van der Waals surface area contributed by atoms with Crippen molar-refractivity contribution in [3.63, 3.8) is 0 Å². The maximum atomic E-state index is 13.5. The molecule has 4 rings (SSSR count). The zero-order valence-corrected chi connectivity index (χ0v) is 20.2. The molecule has 8 nitrogen and oxygen atoms in total. The van der Waals surface area contributed by atoms with Crippen LogP contribution in [0.4, 0.5) is 0 Å². The van der Waals surface area contributed by atoms with Gasteiger partial charge in [0.1, 0.15) is 0 Å². The summed E-state index contributed by atoms with van der Waals surface area (Å²) in [6.07, 6.45) is 6.41. The van der Waals surface area contributed by atoms with Crippen LogP contribution >= 0.6 is 0 Å². The van der Waals surface area contributed by atoms with Crippen LogP contribution in [-0.4, -0.2) is 70.7 Å².